The number of aryl methyl sites for hydroxylation is 1. The lowest BCUT2D eigenvalue weighted by Crippen LogP contribution is -2.13. The van der Waals surface area contributed by atoms with Crippen LogP contribution in [0.2, 0.25) is 0 Å². The van der Waals surface area contributed by atoms with E-state index in [-0.39, 0.29) is 12.3 Å². The third-order valence-corrected chi connectivity index (χ3v) is 4.39. The van der Waals surface area contributed by atoms with E-state index in [0.717, 1.165) is 5.56 Å². The topological polar surface area (TPSA) is 94.4 Å². The zero-order valence-electron chi connectivity index (χ0n) is 13.8. The largest absolute Gasteiger partial charge is 0.444 e. The number of ether oxygens (including phenoxy) is 1. The maximum atomic E-state index is 11.9. The standard InChI is InChI=1S/C18H15N3O4S/c1-12-7-8-14(9-16(12)21(23)24)15-11-26-17(19-15)20-18(22)25-10-13-5-3-2-4-6-13/h2-9,11H,10H2,1H3,(H,19,20,22). The number of anilines is 1. The van der Waals surface area contributed by atoms with E-state index < -0.39 is 11.0 Å². The first-order valence-corrected chi connectivity index (χ1v) is 8.59. The van der Waals surface area contributed by atoms with E-state index in [1.165, 1.54) is 17.4 Å². The average molecular weight is 369 g/mol. The summed E-state index contributed by atoms with van der Waals surface area (Å²) in [6.07, 6.45) is -0.607. The number of rotatable bonds is 5. The van der Waals surface area contributed by atoms with Crippen LogP contribution in [0.15, 0.2) is 53.9 Å². The molecular formula is C18H15N3O4S. The smallest absolute Gasteiger partial charge is 0.413 e. The van der Waals surface area contributed by atoms with Crippen LogP contribution in [0.1, 0.15) is 11.1 Å². The maximum absolute atomic E-state index is 11.9. The van der Waals surface area contributed by atoms with Gasteiger partial charge in [-0.1, -0.05) is 42.5 Å². The number of nitrogens with zero attached hydrogens (tertiary/aromatic N) is 2. The molecule has 0 aliphatic heterocycles. The predicted octanol–water partition coefficient (Wildman–Crippen LogP) is 4.78. The fourth-order valence-corrected chi connectivity index (χ4v) is 2.98. The van der Waals surface area contributed by atoms with Gasteiger partial charge >= 0.3 is 6.09 Å². The first-order valence-electron chi connectivity index (χ1n) is 7.71. The van der Waals surface area contributed by atoms with E-state index in [9.17, 15) is 14.9 Å². The molecule has 0 aliphatic rings. The molecule has 2 aromatic carbocycles. The van der Waals surface area contributed by atoms with Crippen molar-refractivity contribution >= 4 is 28.2 Å². The molecular weight excluding hydrogens is 354 g/mol. The number of nitro groups is 1. The number of benzene rings is 2. The molecule has 0 saturated heterocycles. The Labute approximate surface area is 153 Å². The summed E-state index contributed by atoms with van der Waals surface area (Å²) in [5.74, 6) is 0. The van der Waals surface area contributed by atoms with Crippen LogP contribution < -0.4 is 5.32 Å². The van der Waals surface area contributed by atoms with Crippen LogP contribution in [0.4, 0.5) is 15.6 Å². The summed E-state index contributed by atoms with van der Waals surface area (Å²) in [6.45, 7) is 1.84. The van der Waals surface area contributed by atoms with Gasteiger partial charge in [0.15, 0.2) is 5.13 Å². The fourth-order valence-electron chi connectivity index (χ4n) is 2.28. The number of aromatic nitrogens is 1. The highest BCUT2D eigenvalue weighted by molar-refractivity contribution is 7.14. The molecule has 0 bridgehead atoms. The molecule has 1 aromatic heterocycles. The Morgan fingerprint density at radius 3 is 2.77 bits per heavy atom. The van der Waals surface area contributed by atoms with Crippen LogP contribution in [0.5, 0.6) is 0 Å². The lowest BCUT2D eigenvalue weighted by atomic mass is 10.1. The average Bonchev–Trinajstić information content (AvgIpc) is 3.09. The highest BCUT2D eigenvalue weighted by atomic mass is 32.1. The van der Waals surface area contributed by atoms with E-state index in [4.69, 9.17) is 4.74 Å². The summed E-state index contributed by atoms with van der Waals surface area (Å²) in [5.41, 5.74) is 2.67. The van der Waals surface area contributed by atoms with Crippen molar-refractivity contribution in [3.8, 4) is 11.3 Å². The summed E-state index contributed by atoms with van der Waals surface area (Å²) >= 11 is 1.22. The van der Waals surface area contributed by atoms with E-state index in [1.54, 1.807) is 24.4 Å². The van der Waals surface area contributed by atoms with Crippen molar-refractivity contribution in [3.63, 3.8) is 0 Å². The van der Waals surface area contributed by atoms with Gasteiger partial charge in [-0.05, 0) is 12.5 Å². The predicted molar refractivity (Wildman–Crippen MR) is 99.2 cm³/mol. The van der Waals surface area contributed by atoms with E-state index in [1.807, 2.05) is 30.3 Å². The Morgan fingerprint density at radius 1 is 1.27 bits per heavy atom. The molecule has 1 N–H and O–H groups in total. The normalized spacial score (nSPS) is 10.3. The molecule has 8 heteroatoms. The highest BCUT2D eigenvalue weighted by Gasteiger charge is 2.14. The molecule has 0 atom stereocenters. The minimum Gasteiger partial charge on any atom is -0.444 e. The molecule has 1 heterocycles. The SMILES string of the molecule is Cc1ccc(-c2csc(NC(=O)OCc3ccccc3)n2)cc1[N+](=O)[O-]. The van der Waals surface area contributed by atoms with Gasteiger partial charge in [0.1, 0.15) is 6.61 Å². The third-order valence-electron chi connectivity index (χ3n) is 3.63. The quantitative estimate of drug-likeness (QED) is 0.516. The van der Waals surface area contributed by atoms with E-state index in [0.29, 0.717) is 22.0 Å². The first-order chi connectivity index (χ1) is 12.5. The van der Waals surface area contributed by atoms with Crippen LogP contribution in [-0.4, -0.2) is 16.0 Å². The fraction of sp³-hybridized carbons (Fsp3) is 0.111. The van der Waals surface area contributed by atoms with Crippen molar-refractivity contribution in [1.29, 1.82) is 0 Å². The Bertz CT molecular complexity index is 941. The van der Waals surface area contributed by atoms with Gasteiger partial charge < -0.3 is 4.74 Å². The number of nitrogens with one attached hydrogen (secondary N) is 1. The molecule has 0 unspecified atom stereocenters. The summed E-state index contributed by atoms with van der Waals surface area (Å²) in [4.78, 5) is 26.8. The Hall–Kier alpha value is -3.26. The number of carbonyl (C=O) groups is 1. The van der Waals surface area contributed by atoms with Gasteiger partial charge in [0.2, 0.25) is 0 Å². The summed E-state index contributed by atoms with van der Waals surface area (Å²) in [7, 11) is 0. The molecule has 26 heavy (non-hydrogen) atoms. The second-order valence-corrected chi connectivity index (χ2v) is 6.34. The van der Waals surface area contributed by atoms with Crippen LogP contribution >= 0.6 is 11.3 Å². The molecule has 1 amide bonds. The highest BCUT2D eigenvalue weighted by Crippen LogP contribution is 2.29. The Balaban J connectivity index is 1.65. The molecule has 0 saturated carbocycles. The molecule has 0 aliphatic carbocycles. The Morgan fingerprint density at radius 2 is 2.04 bits per heavy atom. The van der Waals surface area contributed by atoms with Crippen LogP contribution in [-0.2, 0) is 11.3 Å². The minimum atomic E-state index is -0.607. The molecule has 3 aromatic rings. The van der Waals surface area contributed by atoms with Crippen molar-refractivity contribution in [3.05, 3.63) is 75.2 Å². The zero-order chi connectivity index (χ0) is 18.5. The zero-order valence-corrected chi connectivity index (χ0v) is 14.7. The lowest BCUT2D eigenvalue weighted by Gasteiger charge is -2.04. The summed E-state index contributed by atoms with van der Waals surface area (Å²) in [6, 6.07) is 14.2. The molecule has 3 rings (SSSR count). The molecule has 132 valence electrons. The van der Waals surface area contributed by atoms with E-state index >= 15 is 0 Å². The van der Waals surface area contributed by atoms with Crippen molar-refractivity contribution in [1.82, 2.24) is 4.98 Å². The molecule has 0 fully saturated rings. The minimum absolute atomic E-state index is 0.0345. The number of hydrogen-bond acceptors (Lipinski definition) is 6. The molecule has 0 spiro atoms. The number of thiazole rings is 1. The molecule has 0 radical (unpaired) electrons. The number of nitro benzene ring substituents is 1. The second kappa shape index (κ2) is 7.75. The molecule has 7 nitrogen and oxygen atoms in total. The lowest BCUT2D eigenvalue weighted by molar-refractivity contribution is -0.385. The van der Waals surface area contributed by atoms with Gasteiger partial charge in [-0.25, -0.2) is 9.78 Å². The van der Waals surface area contributed by atoms with E-state index in [2.05, 4.69) is 10.3 Å². The number of carbonyl (C=O) groups excluding carboxylic acids is 1. The summed E-state index contributed by atoms with van der Waals surface area (Å²) < 4.78 is 5.14. The van der Waals surface area contributed by atoms with Crippen molar-refractivity contribution < 1.29 is 14.5 Å². The Kier molecular flexibility index (Phi) is 5.23. The summed E-state index contributed by atoms with van der Waals surface area (Å²) in [5, 5.41) is 15.7. The maximum Gasteiger partial charge on any atom is 0.413 e. The van der Waals surface area contributed by atoms with Crippen LogP contribution in [0.3, 0.4) is 0 Å². The number of amides is 1. The van der Waals surface area contributed by atoms with Crippen molar-refractivity contribution in [2.45, 2.75) is 13.5 Å². The third kappa shape index (κ3) is 4.22. The van der Waals surface area contributed by atoms with Crippen molar-refractivity contribution in [2.75, 3.05) is 5.32 Å². The van der Waals surface area contributed by atoms with Gasteiger partial charge in [-0.15, -0.1) is 11.3 Å². The first kappa shape index (κ1) is 17.6. The van der Waals surface area contributed by atoms with Gasteiger partial charge in [-0.2, -0.15) is 0 Å². The second-order valence-electron chi connectivity index (χ2n) is 5.48. The van der Waals surface area contributed by atoms with Crippen LogP contribution in [0.25, 0.3) is 11.3 Å². The van der Waals surface area contributed by atoms with Crippen molar-refractivity contribution in [2.24, 2.45) is 0 Å². The van der Waals surface area contributed by atoms with Gasteiger partial charge in [0, 0.05) is 22.6 Å². The van der Waals surface area contributed by atoms with Gasteiger partial charge in [0.05, 0.1) is 10.6 Å². The van der Waals surface area contributed by atoms with Crippen LogP contribution in [0, 0.1) is 17.0 Å². The van der Waals surface area contributed by atoms with Gasteiger partial charge in [0.25, 0.3) is 5.69 Å². The number of hydrogen-bond donors (Lipinski definition) is 1. The van der Waals surface area contributed by atoms with Gasteiger partial charge in [-0.3, -0.25) is 15.4 Å². The monoisotopic (exact) mass is 369 g/mol.